The summed E-state index contributed by atoms with van der Waals surface area (Å²) in [6.45, 7) is 11.3. The molecule has 1 atom stereocenters. The molecule has 11 heteroatoms. The maximum Gasteiger partial charge on any atom is 0.332 e. The van der Waals surface area contributed by atoms with Crippen molar-refractivity contribution in [2.75, 3.05) is 19.7 Å². The van der Waals surface area contributed by atoms with Crippen molar-refractivity contribution in [3.63, 3.8) is 0 Å². The van der Waals surface area contributed by atoms with Crippen LogP contribution in [0, 0.1) is 16.0 Å². The summed E-state index contributed by atoms with van der Waals surface area (Å²) in [6.07, 6.45) is 1.70. The lowest BCUT2D eigenvalue weighted by Crippen LogP contribution is -2.47. The van der Waals surface area contributed by atoms with E-state index in [0.29, 0.717) is 32.3 Å². The van der Waals surface area contributed by atoms with Crippen LogP contribution in [0.4, 0.5) is 0 Å². The SMILES string of the molecule is CC(C)(C)OC(=O)[C@H](CCC(=O)N1CCC(CO[N+](=O)[O-])CC1)N(C=O)OC(C)(C)C. The fourth-order valence-corrected chi connectivity index (χ4v) is 3.13. The number of nitrogens with zero attached hydrogens (tertiary/aromatic N) is 3. The van der Waals surface area contributed by atoms with Crippen LogP contribution in [-0.4, -0.2) is 70.3 Å². The monoisotopic (exact) mass is 445 g/mol. The van der Waals surface area contributed by atoms with Crippen molar-refractivity contribution in [1.82, 2.24) is 9.96 Å². The summed E-state index contributed by atoms with van der Waals surface area (Å²) in [5.41, 5.74) is -1.48. The number of esters is 1. The molecule has 1 aliphatic rings. The van der Waals surface area contributed by atoms with Crippen molar-refractivity contribution >= 4 is 18.3 Å². The number of piperidine rings is 1. The van der Waals surface area contributed by atoms with Gasteiger partial charge in [0.05, 0.1) is 12.2 Å². The number of hydroxylamine groups is 2. The lowest BCUT2D eigenvalue weighted by molar-refractivity contribution is -0.759. The van der Waals surface area contributed by atoms with Gasteiger partial charge in [-0.25, -0.2) is 9.86 Å². The molecule has 31 heavy (non-hydrogen) atoms. The van der Waals surface area contributed by atoms with Gasteiger partial charge in [-0.2, -0.15) is 0 Å². The molecule has 1 saturated heterocycles. The molecule has 0 aromatic rings. The number of amides is 2. The molecule has 2 amide bonds. The van der Waals surface area contributed by atoms with Gasteiger partial charge in [0.2, 0.25) is 12.3 Å². The van der Waals surface area contributed by atoms with Crippen LogP contribution in [-0.2, 0) is 28.8 Å². The van der Waals surface area contributed by atoms with Gasteiger partial charge in [0.25, 0.3) is 5.09 Å². The zero-order valence-electron chi connectivity index (χ0n) is 19.3. The summed E-state index contributed by atoms with van der Waals surface area (Å²) in [4.78, 5) is 59.0. The van der Waals surface area contributed by atoms with E-state index in [2.05, 4.69) is 4.84 Å². The topological polar surface area (TPSA) is 129 Å². The molecule has 0 aliphatic carbocycles. The van der Waals surface area contributed by atoms with Crippen LogP contribution in [0.3, 0.4) is 0 Å². The Morgan fingerprint density at radius 3 is 2.19 bits per heavy atom. The second kappa shape index (κ2) is 11.3. The molecule has 0 N–H and O–H groups in total. The Hall–Kier alpha value is -2.43. The average Bonchev–Trinajstić information content (AvgIpc) is 2.63. The van der Waals surface area contributed by atoms with E-state index in [-0.39, 0.29) is 31.3 Å². The lowest BCUT2D eigenvalue weighted by Gasteiger charge is -2.34. The van der Waals surface area contributed by atoms with Gasteiger partial charge in [0.15, 0.2) is 6.04 Å². The fraction of sp³-hybridized carbons (Fsp3) is 0.850. The lowest BCUT2D eigenvalue weighted by atomic mass is 9.97. The third-order valence-corrected chi connectivity index (χ3v) is 4.48. The Bertz CT molecular complexity index is 633. The van der Waals surface area contributed by atoms with Crippen LogP contribution in [0.25, 0.3) is 0 Å². The highest BCUT2D eigenvalue weighted by atomic mass is 16.9. The number of likely N-dealkylation sites (tertiary alicyclic amines) is 1. The summed E-state index contributed by atoms with van der Waals surface area (Å²) >= 11 is 0. The van der Waals surface area contributed by atoms with Gasteiger partial charge in [0, 0.05) is 19.5 Å². The first-order valence-electron chi connectivity index (χ1n) is 10.4. The van der Waals surface area contributed by atoms with Crippen molar-refractivity contribution in [1.29, 1.82) is 0 Å². The Morgan fingerprint density at radius 1 is 1.16 bits per heavy atom. The number of rotatable bonds is 10. The molecule has 0 aromatic carbocycles. The Balaban J connectivity index is 2.72. The molecule has 178 valence electrons. The van der Waals surface area contributed by atoms with Gasteiger partial charge in [-0.3, -0.25) is 14.4 Å². The molecule has 1 fully saturated rings. The highest BCUT2D eigenvalue weighted by Gasteiger charge is 2.34. The fourth-order valence-electron chi connectivity index (χ4n) is 3.13. The van der Waals surface area contributed by atoms with E-state index in [1.807, 2.05) is 0 Å². The molecule has 0 spiro atoms. The largest absolute Gasteiger partial charge is 0.458 e. The number of hydrogen-bond donors (Lipinski definition) is 0. The van der Waals surface area contributed by atoms with E-state index in [1.165, 1.54) is 0 Å². The molecule has 1 heterocycles. The first-order chi connectivity index (χ1) is 14.2. The molecule has 0 saturated carbocycles. The van der Waals surface area contributed by atoms with Crippen LogP contribution < -0.4 is 0 Å². The van der Waals surface area contributed by atoms with Gasteiger partial charge in [0.1, 0.15) is 5.60 Å². The third kappa shape index (κ3) is 10.4. The summed E-state index contributed by atoms with van der Waals surface area (Å²) in [5.74, 6) is -0.786. The summed E-state index contributed by atoms with van der Waals surface area (Å²) in [5, 5.41) is 10.4. The van der Waals surface area contributed by atoms with E-state index >= 15 is 0 Å². The van der Waals surface area contributed by atoms with E-state index < -0.39 is 28.3 Å². The first kappa shape index (κ1) is 26.6. The maximum atomic E-state index is 12.7. The molecule has 0 unspecified atom stereocenters. The minimum Gasteiger partial charge on any atom is -0.458 e. The molecule has 0 radical (unpaired) electrons. The summed E-state index contributed by atoms with van der Waals surface area (Å²) in [6, 6.07) is -1.06. The minimum absolute atomic E-state index is 0.0220. The van der Waals surface area contributed by atoms with Crippen LogP contribution in [0.15, 0.2) is 0 Å². The van der Waals surface area contributed by atoms with E-state index in [1.54, 1.807) is 46.4 Å². The van der Waals surface area contributed by atoms with E-state index in [0.717, 1.165) is 5.06 Å². The second-order valence-electron chi connectivity index (χ2n) is 9.60. The summed E-state index contributed by atoms with van der Waals surface area (Å²) in [7, 11) is 0. The van der Waals surface area contributed by atoms with Crippen LogP contribution in [0.1, 0.15) is 67.2 Å². The first-order valence-corrected chi connectivity index (χ1v) is 10.4. The second-order valence-corrected chi connectivity index (χ2v) is 9.60. The summed E-state index contributed by atoms with van der Waals surface area (Å²) < 4.78 is 5.42. The number of ether oxygens (including phenoxy) is 1. The van der Waals surface area contributed by atoms with E-state index in [4.69, 9.17) is 9.57 Å². The molecular formula is C20H35N3O8. The molecule has 1 aliphatic heterocycles. The molecule has 0 bridgehead atoms. The van der Waals surface area contributed by atoms with Crippen molar-refractivity contribution in [3.8, 4) is 0 Å². The van der Waals surface area contributed by atoms with Crippen LogP contribution in [0.2, 0.25) is 0 Å². The van der Waals surface area contributed by atoms with Crippen molar-refractivity contribution in [2.24, 2.45) is 5.92 Å². The predicted octanol–water partition coefficient (Wildman–Crippen LogP) is 2.11. The zero-order valence-corrected chi connectivity index (χ0v) is 19.3. The third-order valence-electron chi connectivity index (χ3n) is 4.48. The van der Waals surface area contributed by atoms with Gasteiger partial charge in [-0.15, -0.1) is 10.1 Å². The van der Waals surface area contributed by atoms with E-state index in [9.17, 15) is 24.5 Å². The van der Waals surface area contributed by atoms with Crippen LogP contribution >= 0.6 is 0 Å². The van der Waals surface area contributed by atoms with Crippen molar-refractivity contribution in [3.05, 3.63) is 10.1 Å². The smallest absolute Gasteiger partial charge is 0.332 e. The average molecular weight is 446 g/mol. The van der Waals surface area contributed by atoms with Gasteiger partial charge in [-0.05, 0) is 66.7 Å². The molecule has 0 aromatic heterocycles. The Morgan fingerprint density at radius 2 is 1.74 bits per heavy atom. The standard InChI is InChI=1S/C20H35N3O8/c1-19(2,3)30-18(26)16(22(14-24)31-20(4,5)6)7-8-17(25)21-11-9-15(10-12-21)13-29-23(27)28/h14-16H,7-13H2,1-6H3/t16-/m0/s1. The maximum absolute atomic E-state index is 12.7. The van der Waals surface area contributed by atoms with Crippen molar-refractivity contribution < 1.29 is 33.9 Å². The molecular weight excluding hydrogens is 410 g/mol. The normalized spacial score (nSPS) is 16.4. The van der Waals surface area contributed by atoms with Crippen molar-refractivity contribution in [2.45, 2.75) is 84.5 Å². The highest BCUT2D eigenvalue weighted by Crippen LogP contribution is 2.21. The Labute approximate surface area is 183 Å². The molecule has 11 nitrogen and oxygen atoms in total. The van der Waals surface area contributed by atoms with Gasteiger partial charge >= 0.3 is 5.97 Å². The van der Waals surface area contributed by atoms with Gasteiger partial charge < -0.3 is 14.5 Å². The number of hydrogen-bond acceptors (Lipinski definition) is 8. The van der Waals surface area contributed by atoms with Gasteiger partial charge in [-0.1, -0.05) is 0 Å². The number of carbonyl (C=O) groups is 3. The number of carbonyl (C=O) groups excluding carboxylic acids is 3. The zero-order chi connectivity index (χ0) is 23.8. The highest BCUT2D eigenvalue weighted by molar-refractivity contribution is 5.81. The van der Waals surface area contributed by atoms with Crippen LogP contribution in [0.5, 0.6) is 0 Å². The quantitative estimate of drug-likeness (QED) is 0.216. The predicted molar refractivity (Wildman–Crippen MR) is 110 cm³/mol. The molecule has 1 rings (SSSR count). The Kier molecular flexibility index (Phi) is 9.67. The minimum atomic E-state index is -1.06.